The lowest BCUT2D eigenvalue weighted by molar-refractivity contribution is 0.397. The Morgan fingerprint density at radius 2 is 2.20 bits per heavy atom. The average Bonchev–Trinajstić information content (AvgIpc) is 3.02. The SMILES string of the molecule is COc1nc(N(C)C)sc1CNc1cnn(C(C)C)c1. The summed E-state index contributed by atoms with van der Waals surface area (Å²) < 4.78 is 7.25. The third-order valence-electron chi connectivity index (χ3n) is 2.81. The minimum atomic E-state index is 0.365. The van der Waals surface area contributed by atoms with Crippen molar-refractivity contribution in [2.24, 2.45) is 0 Å². The van der Waals surface area contributed by atoms with Crippen molar-refractivity contribution in [1.29, 1.82) is 0 Å². The number of anilines is 2. The van der Waals surface area contributed by atoms with Crippen LogP contribution in [0, 0.1) is 0 Å². The van der Waals surface area contributed by atoms with Crippen LogP contribution < -0.4 is 15.0 Å². The summed E-state index contributed by atoms with van der Waals surface area (Å²) >= 11 is 1.62. The maximum absolute atomic E-state index is 5.32. The molecule has 0 radical (unpaired) electrons. The monoisotopic (exact) mass is 295 g/mol. The molecule has 0 aromatic carbocycles. The van der Waals surface area contributed by atoms with E-state index in [-0.39, 0.29) is 0 Å². The zero-order valence-electron chi connectivity index (χ0n) is 12.5. The zero-order valence-corrected chi connectivity index (χ0v) is 13.4. The third kappa shape index (κ3) is 3.22. The summed E-state index contributed by atoms with van der Waals surface area (Å²) in [5.41, 5.74) is 1.00. The van der Waals surface area contributed by atoms with Gasteiger partial charge in [-0.05, 0) is 13.8 Å². The molecule has 1 N–H and O–H groups in total. The Balaban J connectivity index is 2.05. The molecule has 0 aliphatic heterocycles. The van der Waals surface area contributed by atoms with E-state index in [0.29, 0.717) is 18.5 Å². The van der Waals surface area contributed by atoms with Gasteiger partial charge in [0.2, 0.25) is 5.88 Å². The van der Waals surface area contributed by atoms with Gasteiger partial charge >= 0.3 is 0 Å². The first-order valence-electron chi connectivity index (χ1n) is 6.50. The molecule has 2 heterocycles. The summed E-state index contributed by atoms with van der Waals surface area (Å²) in [7, 11) is 5.60. The van der Waals surface area contributed by atoms with E-state index in [2.05, 4.69) is 29.2 Å². The molecule has 110 valence electrons. The Morgan fingerprint density at radius 3 is 2.75 bits per heavy atom. The molecule has 0 bridgehead atoms. The molecule has 0 saturated heterocycles. The lowest BCUT2D eigenvalue weighted by Gasteiger charge is -2.05. The molecule has 2 aromatic rings. The zero-order chi connectivity index (χ0) is 14.7. The molecular formula is C13H21N5OS. The highest BCUT2D eigenvalue weighted by Gasteiger charge is 2.13. The van der Waals surface area contributed by atoms with E-state index in [4.69, 9.17) is 4.74 Å². The Morgan fingerprint density at radius 1 is 1.45 bits per heavy atom. The standard InChI is InChI=1S/C13H21N5OS/c1-9(2)18-8-10(6-15-18)14-7-11-12(19-5)16-13(20-11)17(3)4/h6,8-9,14H,7H2,1-5H3. The van der Waals surface area contributed by atoms with Crippen LogP contribution in [-0.2, 0) is 6.54 Å². The number of thiazole rings is 1. The van der Waals surface area contributed by atoms with Crippen LogP contribution in [-0.4, -0.2) is 36.0 Å². The quantitative estimate of drug-likeness (QED) is 0.888. The van der Waals surface area contributed by atoms with Crippen molar-refractivity contribution in [1.82, 2.24) is 14.8 Å². The number of hydrogen-bond donors (Lipinski definition) is 1. The van der Waals surface area contributed by atoms with Gasteiger partial charge in [0.1, 0.15) is 0 Å². The van der Waals surface area contributed by atoms with E-state index in [1.54, 1.807) is 18.4 Å². The van der Waals surface area contributed by atoms with Gasteiger partial charge in [0.25, 0.3) is 0 Å². The van der Waals surface area contributed by atoms with Gasteiger partial charge in [-0.15, -0.1) is 0 Å². The van der Waals surface area contributed by atoms with Crippen molar-refractivity contribution < 1.29 is 4.74 Å². The molecule has 0 unspecified atom stereocenters. The smallest absolute Gasteiger partial charge is 0.231 e. The minimum absolute atomic E-state index is 0.365. The first-order valence-corrected chi connectivity index (χ1v) is 7.32. The van der Waals surface area contributed by atoms with Gasteiger partial charge in [-0.1, -0.05) is 11.3 Å². The van der Waals surface area contributed by atoms with Crippen LogP contribution in [0.2, 0.25) is 0 Å². The molecule has 0 amide bonds. The molecule has 0 aliphatic carbocycles. The second kappa shape index (κ2) is 6.13. The lowest BCUT2D eigenvalue weighted by Crippen LogP contribution is -2.07. The van der Waals surface area contributed by atoms with Crippen LogP contribution in [0.25, 0.3) is 0 Å². The molecular weight excluding hydrogens is 274 g/mol. The summed E-state index contributed by atoms with van der Waals surface area (Å²) in [5, 5.41) is 8.60. The minimum Gasteiger partial charge on any atom is -0.480 e. The number of nitrogens with zero attached hydrogens (tertiary/aromatic N) is 4. The van der Waals surface area contributed by atoms with Gasteiger partial charge in [-0.2, -0.15) is 10.1 Å². The van der Waals surface area contributed by atoms with Crippen LogP contribution in [0.3, 0.4) is 0 Å². The third-order valence-corrected chi connectivity index (χ3v) is 4.01. The van der Waals surface area contributed by atoms with Gasteiger partial charge in [0.15, 0.2) is 5.13 Å². The Hall–Kier alpha value is -1.76. The topological polar surface area (TPSA) is 55.2 Å². The highest BCUT2D eigenvalue weighted by atomic mass is 32.1. The second-order valence-electron chi connectivity index (χ2n) is 4.98. The average molecular weight is 295 g/mol. The van der Waals surface area contributed by atoms with Crippen LogP contribution >= 0.6 is 11.3 Å². The summed E-state index contributed by atoms with van der Waals surface area (Å²) in [4.78, 5) is 7.49. The normalized spacial score (nSPS) is 10.9. The summed E-state index contributed by atoms with van der Waals surface area (Å²) in [5.74, 6) is 0.683. The van der Waals surface area contributed by atoms with Crippen LogP contribution in [0.1, 0.15) is 24.8 Å². The molecule has 20 heavy (non-hydrogen) atoms. The number of rotatable bonds is 6. The van der Waals surface area contributed by atoms with Gasteiger partial charge in [-0.3, -0.25) is 4.68 Å². The van der Waals surface area contributed by atoms with Crippen molar-refractivity contribution in [3.63, 3.8) is 0 Å². The molecule has 0 spiro atoms. The number of methoxy groups -OCH3 is 1. The van der Waals surface area contributed by atoms with E-state index >= 15 is 0 Å². The molecule has 7 heteroatoms. The number of aromatic nitrogens is 3. The van der Waals surface area contributed by atoms with Gasteiger partial charge in [0.05, 0.1) is 30.4 Å². The largest absolute Gasteiger partial charge is 0.480 e. The number of ether oxygens (including phenoxy) is 1. The Kier molecular flexibility index (Phi) is 4.49. The van der Waals surface area contributed by atoms with Crippen molar-refractivity contribution in [3.05, 3.63) is 17.3 Å². The molecule has 6 nitrogen and oxygen atoms in total. The van der Waals surface area contributed by atoms with Crippen molar-refractivity contribution >= 4 is 22.2 Å². The van der Waals surface area contributed by atoms with Crippen LogP contribution in [0.15, 0.2) is 12.4 Å². The first kappa shape index (κ1) is 14.6. The van der Waals surface area contributed by atoms with Gasteiger partial charge < -0.3 is 15.0 Å². The second-order valence-corrected chi connectivity index (χ2v) is 6.04. The summed E-state index contributed by atoms with van der Waals surface area (Å²) in [6, 6.07) is 0.365. The fraction of sp³-hybridized carbons (Fsp3) is 0.538. The van der Waals surface area contributed by atoms with E-state index < -0.39 is 0 Å². The Bertz CT molecular complexity index is 561. The summed E-state index contributed by atoms with van der Waals surface area (Å²) in [6.45, 7) is 4.89. The highest BCUT2D eigenvalue weighted by molar-refractivity contribution is 7.15. The molecule has 2 rings (SSSR count). The number of nitrogens with one attached hydrogen (secondary N) is 1. The molecule has 2 aromatic heterocycles. The van der Waals surface area contributed by atoms with Gasteiger partial charge in [0, 0.05) is 26.3 Å². The van der Waals surface area contributed by atoms with Crippen molar-refractivity contribution in [2.75, 3.05) is 31.4 Å². The maximum Gasteiger partial charge on any atom is 0.231 e. The molecule has 0 fully saturated rings. The summed E-state index contributed by atoms with van der Waals surface area (Å²) in [6.07, 6.45) is 3.84. The molecule has 0 aliphatic rings. The van der Waals surface area contributed by atoms with Crippen molar-refractivity contribution in [3.8, 4) is 5.88 Å². The predicted molar refractivity (Wildman–Crippen MR) is 82.9 cm³/mol. The van der Waals surface area contributed by atoms with Crippen LogP contribution in [0.5, 0.6) is 5.88 Å². The fourth-order valence-electron chi connectivity index (χ4n) is 1.68. The van der Waals surface area contributed by atoms with Gasteiger partial charge in [-0.25, -0.2) is 0 Å². The van der Waals surface area contributed by atoms with E-state index in [0.717, 1.165) is 15.7 Å². The van der Waals surface area contributed by atoms with E-state index in [9.17, 15) is 0 Å². The van der Waals surface area contributed by atoms with E-state index in [1.807, 2.05) is 36.1 Å². The predicted octanol–water partition coefficient (Wildman–Crippen LogP) is 2.61. The highest BCUT2D eigenvalue weighted by Crippen LogP contribution is 2.30. The molecule has 0 atom stereocenters. The van der Waals surface area contributed by atoms with E-state index in [1.165, 1.54) is 0 Å². The van der Waals surface area contributed by atoms with Crippen molar-refractivity contribution in [2.45, 2.75) is 26.4 Å². The molecule has 0 saturated carbocycles. The van der Waals surface area contributed by atoms with Crippen LogP contribution in [0.4, 0.5) is 10.8 Å². The number of hydrogen-bond acceptors (Lipinski definition) is 6. The first-order chi connectivity index (χ1) is 9.51. The fourth-order valence-corrected chi connectivity index (χ4v) is 2.57. The Labute approximate surface area is 123 Å². The maximum atomic E-state index is 5.32. The lowest BCUT2D eigenvalue weighted by atomic mass is 10.4.